The number of alkyl halides is 3. The highest BCUT2D eigenvalue weighted by atomic mass is 32.2. The van der Waals surface area contributed by atoms with Crippen LogP contribution in [0.5, 0.6) is 0 Å². The van der Waals surface area contributed by atoms with Crippen LogP contribution in [0, 0.1) is 0 Å². The van der Waals surface area contributed by atoms with Gasteiger partial charge < -0.3 is 4.90 Å². The summed E-state index contributed by atoms with van der Waals surface area (Å²) >= 11 is 0. The minimum atomic E-state index is -4.95. The fraction of sp³-hybridized carbons (Fsp3) is 0.316. The summed E-state index contributed by atoms with van der Waals surface area (Å²) in [5, 5.41) is 0. The number of rotatable bonds is 4. The molecule has 9 heteroatoms. The monoisotopic (exact) mass is 412 g/mol. The van der Waals surface area contributed by atoms with Crippen molar-refractivity contribution in [1.82, 2.24) is 4.90 Å². The van der Waals surface area contributed by atoms with Crippen molar-refractivity contribution in [2.45, 2.75) is 31.0 Å². The zero-order valence-electron chi connectivity index (χ0n) is 15.1. The zero-order chi connectivity index (χ0) is 20.5. The maximum absolute atomic E-state index is 13.1. The second kappa shape index (κ2) is 7.46. The Kier molecular flexibility index (Phi) is 5.38. The van der Waals surface area contributed by atoms with Crippen molar-refractivity contribution >= 4 is 21.6 Å². The number of para-hydroxylation sites is 1. The highest BCUT2D eigenvalue weighted by Crippen LogP contribution is 2.29. The number of carbonyl (C=O) groups excluding carboxylic acids is 1. The number of hydrogen-bond donors (Lipinski definition) is 0. The van der Waals surface area contributed by atoms with Gasteiger partial charge in [0.2, 0.25) is 0 Å². The molecule has 0 unspecified atom stereocenters. The van der Waals surface area contributed by atoms with E-state index >= 15 is 0 Å². The Morgan fingerprint density at radius 2 is 1.79 bits per heavy atom. The van der Waals surface area contributed by atoms with Crippen molar-refractivity contribution in [3.63, 3.8) is 0 Å². The second-order valence-electron chi connectivity index (χ2n) is 6.41. The van der Waals surface area contributed by atoms with Crippen LogP contribution in [0.15, 0.2) is 53.4 Å². The highest BCUT2D eigenvalue weighted by molar-refractivity contribution is 7.92. The molecule has 0 saturated carbocycles. The SMILES string of the molecule is CCN(c1ccccc1)S(=O)(=O)c1ccc2c(c1)CN(C(=O)C(F)(F)F)CC2. The van der Waals surface area contributed by atoms with E-state index in [1.807, 2.05) is 0 Å². The number of halogens is 3. The third-order valence-electron chi connectivity index (χ3n) is 4.64. The topological polar surface area (TPSA) is 57.7 Å². The Bertz CT molecular complexity index is 976. The average Bonchev–Trinajstić information content (AvgIpc) is 2.67. The maximum Gasteiger partial charge on any atom is 0.471 e. The first kappa shape index (κ1) is 20.2. The molecule has 0 N–H and O–H groups in total. The minimum absolute atomic E-state index is 0.0155. The minimum Gasteiger partial charge on any atom is -0.330 e. The fourth-order valence-electron chi connectivity index (χ4n) is 3.26. The Labute approximate surface area is 161 Å². The first-order valence-corrected chi connectivity index (χ1v) is 10.1. The number of carbonyl (C=O) groups is 1. The number of fused-ring (bicyclic) bond motifs is 1. The lowest BCUT2D eigenvalue weighted by Gasteiger charge is -2.30. The van der Waals surface area contributed by atoms with Gasteiger partial charge in [-0.05, 0) is 48.7 Å². The van der Waals surface area contributed by atoms with Gasteiger partial charge in [-0.15, -0.1) is 0 Å². The molecule has 28 heavy (non-hydrogen) atoms. The highest BCUT2D eigenvalue weighted by Gasteiger charge is 2.43. The van der Waals surface area contributed by atoms with Gasteiger partial charge >= 0.3 is 12.1 Å². The number of nitrogens with zero attached hydrogens (tertiary/aromatic N) is 2. The van der Waals surface area contributed by atoms with E-state index in [-0.39, 0.29) is 31.0 Å². The van der Waals surface area contributed by atoms with Crippen molar-refractivity contribution in [1.29, 1.82) is 0 Å². The van der Waals surface area contributed by atoms with Gasteiger partial charge in [-0.25, -0.2) is 8.42 Å². The van der Waals surface area contributed by atoms with Gasteiger partial charge in [0.15, 0.2) is 0 Å². The van der Waals surface area contributed by atoms with Crippen molar-refractivity contribution in [2.24, 2.45) is 0 Å². The van der Waals surface area contributed by atoms with E-state index < -0.39 is 22.1 Å². The van der Waals surface area contributed by atoms with Crippen LogP contribution in [-0.2, 0) is 27.8 Å². The first-order valence-electron chi connectivity index (χ1n) is 8.70. The normalized spacial score (nSPS) is 14.5. The van der Waals surface area contributed by atoms with E-state index in [1.165, 1.54) is 16.4 Å². The molecule has 0 bridgehead atoms. The summed E-state index contributed by atoms with van der Waals surface area (Å²) in [6.07, 6.45) is -4.71. The van der Waals surface area contributed by atoms with E-state index in [9.17, 15) is 26.4 Å². The largest absolute Gasteiger partial charge is 0.471 e. The van der Waals surface area contributed by atoms with Crippen molar-refractivity contribution in [2.75, 3.05) is 17.4 Å². The molecule has 2 aromatic rings. The third kappa shape index (κ3) is 3.84. The molecule has 0 fully saturated rings. The molecule has 2 aromatic carbocycles. The number of hydrogen-bond acceptors (Lipinski definition) is 3. The predicted molar refractivity (Wildman–Crippen MR) is 98.3 cm³/mol. The third-order valence-corrected chi connectivity index (χ3v) is 6.54. The quantitative estimate of drug-likeness (QED) is 0.774. The van der Waals surface area contributed by atoms with Crippen LogP contribution in [0.4, 0.5) is 18.9 Å². The molecule has 1 aliphatic rings. The summed E-state index contributed by atoms with van der Waals surface area (Å²) in [4.78, 5) is 12.2. The summed E-state index contributed by atoms with van der Waals surface area (Å²) < 4.78 is 65.6. The molecule has 1 aliphatic heterocycles. The lowest BCUT2D eigenvalue weighted by molar-refractivity contribution is -0.186. The van der Waals surface area contributed by atoms with Gasteiger partial charge in [0, 0.05) is 19.6 Å². The summed E-state index contributed by atoms with van der Waals surface area (Å²) in [5.41, 5.74) is 1.65. The first-order chi connectivity index (χ1) is 13.1. The smallest absolute Gasteiger partial charge is 0.330 e. The molecule has 150 valence electrons. The van der Waals surface area contributed by atoms with E-state index in [1.54, 1.807) is 43.3 Å². The van der Waals surface area contributed by atoms with E-state index in [0.717, 1.165) is 5.56 Å². The number of benzene rings is 2. The molecule has 0 radical (unpaired) electrons. The van der Waals surface area contributed by atoms with E-state index in [4.69, 9.17) is 0 Å². The van der Waals surface area contributed by atoms with Crippen LogP contribution >= 0.6 is 0 Å². The summed E-state index contributed by atoms with van der Waals surface area (Å²) in [5.74, 6) is -1.91. The average molecular weight is 412 g/mol. The zero-order valence-corrected chi connectivity index (χ0v) is 15.9. The maximum atomic E-state index is 13.1. The predicted octanol–water partition coefficient (Wildman–Crippen LogP) is 3.35. The van der Waals surface area contributed by atoms with E-state index in [2.05, 4.69) is 0 Å². The lowest BCUT2D eigenvalue weighted by atomic mass is 10.00. The molecule has 1 amide bonds. The molecule has 0 atom stereocenters. The van der Waals surface area contributed by atoms with Gasteiger partial charge in [-0.2, -0.15) is 13.2 Å². The van der Waals surface area contributed by atoms with Crippen LogP contribution in [0.2, 0.25) is 0 Å². The Balaban J connectivity index is 1.94. The fourth-order valence-corrected chi connectivity index (χ4v) is 4.78. The van der Waals surface area contributed by atoms with Crippen LogP contribution < -0.4 is 4.31 Å². The molecule has 0 spiro atoms. The van der Waals surface area contributed by atoms with Crippen molar-refractivity contribution in [3.05, 3.63) is 59.7 Å². The van der Waals surface area contributed by atoms with Crippen molar-refractivity contribution in [3.8, 4) is 0 Å². The summed E-state index contributed by atoms with van der Waals surface area (Å²) in [7, 11) is -3.90. The van der Waals surface area contributed by atoms with E-state index in [0.29, 0.717) is 16.2 Å². The molecule has 0 aromatic heterocycles. The molecule has 3 rings (SSSR count). The number of anilines is 1. The molecular formula is C19H19F3N2O3S. The van der Waals surface area contributed by atoms with Crippen LogP contribution in [0.1, 0.15) is 18.1 Å². The van der Waals surface area contributed by atoms with Gasteiger partial charge in [-0.1, -0.05) is 24.3 Å². The van der Waals surface area contributed by atoms with Gasteiger partial charge in [0.25, 0.3) is 10.0 Å². The van der Waals surface area contributed by atoms with Crippen LogP contribution in [-0.4, -0.2) is 38.5 Å². The Morgan fingerprint density at radius 3 is 2.39 bits per heavy atom. The Hall–Kier alpha value is -2.55. The molecule has 0 aliphatic carbocycles. The summed E-state index contributed by atoms with van der Waals surface area (Å²) in [6.45, 7) is 1.58. The molecule has 1 heterocycles. The second-order valence-corrected chi connectivity index (χ2v) is 8.27. The van der Waals surface area contributed by atoms with Gasteiger partial charge in [0.05, 0.1) is 10.6 Å². The van der Waals surface area contributed by atoms with Crippen LogP contribution in [0.3, 0.4) is 0 Å². The molecule has 0 saturated heterocycles. The molecule has 5 nitrogen and oxygen atoms in total. The van der Waals surface area contributed by atoms with Crippen LogP contribution in [0.25, 0.3) is 0 Å². The molecular weight excluding hydrogens is 393 g/mol. The van der Waals surface area contributed by atoms with Gasteiger partial charge in [0.1, 0.15) is 0 Å². The standard InChI is InChI=1S/C19H19F3N2O3S/c1-2-24(16-6-4-3-5-7-16)28(26,27)17-9-8-14-10-11-23(13-15(14)12-17)18(25)19(20,21)22/h3-9,12H,2,10-11,13H2,1H3. The lowest BCUT2D eigenvalue weighted by Crippen LogP contribution is -2.43. The number of sulfonamides is 1. The summed E-state index contributed by atoms with van der Waals surface area (Å²) in [6, 6.07) is 13.0. The Morgan fingerprint density at radius 1 is 1.11 bits per heavy atom. The van der Waals surface area contributed by atoms with Gasteiger partial charge in [-0.3, -0.25) is 9.10 Å². The van der Waals surface area contributed by atoms with Crippen molar-refractivity contribution < 1.29 is 26.4 Å². The number of amides is 1.